The van der Waals surface area contributed by atoms with Gasteiger partial charge in [0, 0.05) is 49.6 Å². The number of nitrogens with one attached hydrogen (secondary N) is 1. The molecule has 0 bridgehead atoms. The van der Waals surface area contributed by atoms with Crippen molar-refractivity contribution in [2.24, 2.45) is 7.05 Å². The number of fused-ring (bicyclic) bond motifs is 3. The highest BCUT2D eigenvalue weighted by molar-refractivity contribution is 5.87. The molecule has 0 saturated carbocycles. The molecule has 4 aromatic rings. The summed E-state index contributed by atoms with van der Waals surface area (Å²) in [6.07, 6.45) is 5.68. The second-order valence-corrected chi connectivity index (χ2v) is 8.57. The Kier molecular flexibility index (Phi) is 5.31. The Morgan fingerprint density at radius 2 is 1.94 bits per heavy atom. The summed E-state index contributed by atoms with van der Waals surface area (Å²) in [6, 6.07) is 11.7. The minimum Gasteiger partial charge on any atom is -0.487 e. The van der Waals surface area contributed by atoms with Gasteiger partial charge in [0.15, 0.2) is 0 Å². The van der Waals surface area contributed by atoms with Gasteiger partial charge >= 0.3 is 0 Å². The lowest BCUT2D eigenvalue weighted by atomic mass is 10.1. The van der Waals surface area contributed by atoms with Crippen LogP contribution in [0.2, 0.25) is 0 Å². The number of ether oxygens (including phenoxy) is 1. The lowest BCUT2D eigenvalue weighted by Gasteiger charge is -2.11. The predicted molar refractivity (Wildman–Crippen MR) is 127 cm³/mol. The molecule has 5 rings (SSSR count). The number of benzene rings is 1. The SMILES string of the molecule is Cc1cnc(COc2ccn(-c3ccc4c5c(n(C)c4c3)CCNCC5)c(=O)c2)c(C)c1. The summed E-state index contributed by atoms with van der Waals surface area (Å²) in [5.41, 5.74) is 7.81. The van der Waals surface area contributed by atoms with Crippen LogP contribution in [0, 0.1) is 13.8 Å². The van der Waals surface area contributed by atoms with Gasteiger partial charge in [-0.25, -0.2) is 0 Å². The zero-order valence-electron chi connectivity index (χ0n) is 18.8. The molecular weight excluding hydrogens is 400 g/mol. The maximum atomic E-state index is 12.9. The van der Waals surface area contributed by atoms with Crippen molar-refractivity contribution < 1.29 is 4.74 Å². The van der Waals surface area contributed by atoms with E-state index in [0.29, 0.717) is 12.4 Å². The minimum absolute atomic E-state index is 0.115. The van der Waals surface area contributed by atoms with Crippen LogP contribution in [0.1, 0.15) is 28.1 Å². The molecule has 0 atom stereocenters. The Morgan fingerprint density at radius 3 is 2.75 bits per heavy atom. The van der Waals surface area contributed by atoms with Crippen LogP contribution in [0.5, 0.6) is 5.75 Å². The summed E-state index contributed by atoms with van der Waals surface area (Å²) in [6.45, 7) is 6.39. The molecule has 4 heterocycles. The molecule has 0 fully saturated rings. The number of hydrogen-bond donors (Lipinski definition) is 1. The van der Waals surface area contributed by atoms with Crippen LogP contribution >= 0.6 is 0 Å². The lowest BCUT2D eigenvalue weighted by molar-refractivity contribution is 0.299. The molecule has 0 saturated heterocycles. The third-order valence-corrected chi connectivity index (χ3v) is 6.38. The second-order valence-electron chi connectivity index (χ2n) is 8.57. The molecule has 6 heteroatoms. The third-order valence-electron chi connectivity index (χ3n) is 6.38. The van der Waals surface area contributed by atoms with Crippen molar-refractivity contribution in [2.45, 2.75) is 33.3 Å². The van der Waals surface area contributed by atoms with E-state index in [-0.39, 0.29) is 5.56 Å². The van der Waals surface area contributed by atoms with E-state index < -0.39 is 0 Å². The fourth-order valence-electron chi connectivity index (χ4n) is 4.66. The van der Waals surface area contributed by atoms with Gasteiger partial charge in [-0.15, -0.1) is 0 Å². The monoisotopic (exact) mass is 428 g/mol. The van der Waals surface area contributed by atoms with Crippen LogP contribution < -0.4 is 15.6 Å². The van der Waals surface area contributed by atoms with E-state index in [1.54, 1.807) is 16.8 Å². The number of hydrogen-bond acceptors (Lipinski definition) is 4. The van der Waals surface area contributed by atoms with Crippen LogP contribution in [0.15, 0.2) is 53.6 Å². The number of aryl methyl sites for hydroxylation is 3. The smallest absolute Gasteiger partial charge is 0.258 e. The first-order valence-electron chi connectivity index (χ1n) is 11.1. The van der Waals surface area contributed by atoms with Crippen molar-refractivity contribution >= 4 is 10.9 Å². The Hall–Kier alpha value is -3.38. The highest BCUT2D eigenvalue weighted by atomic mass is 16.5. The first-order chi connectivity index (χ1) is 15.5. The molecule has 0 spiro atoms. The summed E-state index contributed by atoms with van der Waals surface area (Å²) in [4.78, 5) is 17.3. The number of rotatable bonds is 4. The Labute approximate surface area is 187 Å². The summed E-state index contributed by atoms with van der Waals surface area (Å²) in [5, 5.41) is 4.76. The van der Waals surface area contributed by atoms with Gasteiger partial charge in [-0.3, -0.25) is 14.3 Å². The maximum Gasteiger partial charge on any atom is 0.258 e. The van der Waals surface area contributed by atoms with E-state index >= 15 is 0 Å². The van der Waals surface area contributed by atoms with Gasteiger partial charge < -0.3 is 14.6 Å². The highest BCUT2D eigenvalue weighted by Gasteiger charge is 2.17. The number of nitrogens with zero attached hydrogens (tertiary/aromatic N) is 3. The van der Waals surface area contributed by atoms with Crippen LogP contribution in [0.3, 0.4) is 0 Å². The van der Waals surface area contributed by atoms with Gasteiger partial charge in [0.1, 0.15) is 12.4 Å². The molecule has 0 radical (unpaired) electrons. The van der Waals surface area contributed by atoms with Crippen molar-refractivity contribution in [1.29, 1.82) is 0 Å². The van der Waals surface area contributed by atoms with E-state index in [0.717, 1.165) is 48.4 Å². The fourth-order valence-corrected chi connectivity index (χ4v) is 4.66. The summed E-state index contributed by atoms with van der Waals surface area (Å²) in [5.74, 6) is 0.548. The molecule has 1 N–H and O–H groups in total. The molecule has 1 aromatic carbocycles. The molecule has 1 aliphatic heterocycles. The predicted octanol–water partition coefficient (Wildman–Crippen LogP) is 3.61. The Balaban J connectivity index is 1.42. The molecule has 1 aliphatic rings. The van der Waals surface area contributed by atoms with Crippen LogP contribution in [0.25, 0.3) is 16.6 Å². The van der Waals surface area contributed by atoms with Crippen molar-refractivity contribution in [3.05, 3.63) is 87.2 Å². The Bertz CT molecular complexity index is 1370. The second kappa shape index (κ2) is 8.28. The van der Waals surface area contributed by atoms with Crippen molar-refractivity contribution in [3.8, 4) is 11.4 Å². The molecule has 32 heavy (non-hydrogen) atoms. The number of aromatic nitrogens is 3. The summed E-state index contributed by atoms with van der Waals surface area (Å²) in [7, 11) is 2.12. The maximum absolute atomic E-state index is 12.9. The largest absolute Gasteiger partial charge is 0.487 e. The Morgan fingerprint density at radius 1 is 1.09 bits per heavy atom. The average molecular weight is 429 g/mol. The molecule has 0 unspecified atom stereocenters. The van der Waals surface area contributed by atoms with Gasteiger partial charge in [-0.2, -0.15) is 0 Å². The molecule has 6 nitrogen and oxygen atoms in total. The quantitative estimate of drug-likeness (QED) is 0.540. The van der Waals surface area contributed by atoms with E-state index in [9.17, 15) is 4.79 Å². The van der Waals surface area contributed by atoms with E-state index in [1.807, 2.05) is 32.2 Å². The summed E-state index contributed by atoms with van der Waals surface area (Å²) < 4.78 is 9.80. The zero-order chi connectivity index (χ0) is 22.2. The topological polar surface area (TPSA) is 61.1 Å². The van der Waals surface area contributed by atoms with Gasteiger partial charge in [-0.05, 0) is 61.7 Å². The van der Waals surface area contributed by atoms with Crippen LogP contribution in [-0.4, -0.2) is 27.2 Å². The van der Waals surface area contributed by atoms with Gasteiger partial charge in [-0.1, -0.05) is 12.1 Å². The highest BCUT2D eigenvalue weighted by Crippen LogP contribution is 2.29. The zero-order valence-corrected chi connectivity index (χ0v) is 18.8. The van der Waals surface area contributed by atoms with E-state index in [1.165, 1.54) is 22.2 Å². The van der Waals surface area contributed by atoms with Gasteiger partial charge in [0.05, 0.1) is 16.9 Å². The molecule has 164 valence electrons. The minimum atomic E-state index is -0.115. The summed E-state index contributed by atoms with van der Waals surface area (Å²) >= 11 is 0. The van der Waals surface area contributed by atoms with Gasteiger partial charge in [0.2, 0.25) is 0 Å². The standard InChI is InChI=1S/C26H28N4O2/c1-17-12-18(2)23(28-15-17)16-32-20-8-11-30(26(31)14-20)19-4-5-21-22-6-9-27-10-7-24(22)29(3)25(21)13-19/h4-5,8,11-15,27H,6-7,9-10,16H2,1-3H3. The first-order valence-corrected chi connectivity index (χ1v) is 11.1. The molecule has 0 aliphatic carbocycles. The van der Waals surface area contributed by atoms with Crippen LogP contribution in [0.4, 0.5) is 0 Å². The lowest BCUT2D eigenvalue weighted by Crippen LogP contribution is -2.17. The molecule has 0 amide bonds. The van der Waals surface area contributed by atoms with E-state index in [2.05, 4.69) is 40.1 Å². The first kappa shape index (κ1) is 20.5. The fraction of sp³-hybridized carbons (Fsp3) is 0.308. The van der Waals surface area contributed by atoms with Gasteiger partial charge in [0.25, 0.3) is 5.56 Å². The average Bonchev–Trinajstić information content (AvgIpc) is 2.93. The number of pyridine rings is 2. The van der Waals surface area contributed by atoms with Crippen LogP contribution in [-0.2, 0) is 26.5 Å². The van der Waals surface area contributed by atoms with Crippen molar-refractivity contribution in [3.63, 3.8) is 0 Å². The normalized spacial score (nSPS) is 13.7. The van der Waals surface area contributed by atoms with Crippen molar-refractivity contribution in [2.75, 3.05) is 13.1 Å². The van der Waals surface area contributed by atoms with E-state index in [4.69, 9.17) is 4.74 Å². The van der Waals surface area contributed by atoms with Crippen molar-refractivity contribution in [1.82, 2.24) is 19.4 Å². The molecule has 3 aromatic heterocycles. The third kappa shape index (κ3) is 3.71. The molecular formula is C26H28N4O2.